The Morgan fingerprint density at radius 3 is 2.67 bits per heavy atom. The molecule has 0 saturated heterocycles. The maximum Gasteiger partial charge on any atom is 0.403 e. The van der Waals surface area contributed by atoms with Crippen LogP contribution in [0, 0.1) is 0 Å². The first-order valence-electron chi connectivity index (χ1n) is 3.82. The molecule has 0 radical (unpaired) electrons. The van der Waals surface area contributed by atoms with E-state index in [0.717, 1.165) is 12.8 Å². The van der Waals surface area contributed by atoms with Crippen molar-refractivity contribution in [3.05, 3.63) is 12.3 Å². The van der Waals surface area contributed by atoms with E-state index in [1.165, 1.54) is 0 Å². The normalized spacial score (nSPS) is 10.2. The average Bonchev–Trinajstić information content (AvgIpc) is 2.02. The standard InChI is InChI=1S/C8H13ClO3/c1-2-5-11-6-3-4-7-12-8(9)10/h2,5H,3-4,6-7H2,1H3. The number of carbonyl (C=O) groups excluding carboxylic acids is 1. The summed E-state index contributed by atoms with van der Waals surface area (Å²) in [6.45, 7) is 2.89. The van der Waals surface area contributed by atoms with Gasteiger partial charge in [0.15, 0.2) is 0 Å². The molecular formula is C8H13ClO3. The molecule has 0 unspecified atom stereocenters. The average molecular weight is 193 g/mol. The largest absolute Gasteiger partial charge is 0.502 e. The van der Waals surface area contributed by atoms with Crippen molar-refractivity contribution in [3.63, 3.8) is 0 Å². The molecule has 3 nitrogen and oxygen atoms in total. The number of rotatable bonds is 6. The Labute approximate surface area is 77.3 Å². The fourth-order valence-electron chi connectivity index (χ4n) is 0.604. The predicted molar refractivity (Wildman–Crippen MR) is 47.2 cm³/mol. The number of allylic oxidation sites excluding steroid dienone is 1. The zero-order valence-corrected chi connectivity index (χ0v) is 7.84. The Bertz CT molecular complexity index is 145. The number of unbranched alkanes of at least 4 members (excludes halogenated alkanes) is 1. The fourth-order valence-corrected chi connectivity index (χ4v) is 0.681. The molecule has 0 aromatic heterocycles. The van der Waals surface area contributed by atoms with E-state index >= 15 is 0 Å². The number of halogens is 1. The lowest BCUT2D eigenvalue weighted by atomic mass is 10.3. The van der Waals surface area contributed by atoms with Gasteiger partial charge >= 0.3 is 5.43 Å². The third kappa shape index (κ3) is 9.30. The van der Waals surface area contributed by atoms with Gasteiger partial charge in [-0.25, -0.2) is 4.79 Å². The van der Waals surface area contributed by atoms with Gasteiger partial charge in [0.25, 0.3) is 0 Å². The van der Waals surface area contributed by atoms with Gasteiger partial charge < -0.3 is 9.47 Å². The Morgan fingerprint density at radius 2 is 2.08 bits per heavy atom. The number of carbonyl (C=O) groups is 1. The Balaban J connectivity index is 2.96. The molecule has 0 aliphatic carbocycles. The van der Waals surface area contributed by atoms with E-state index in [0.29, 0.717) is 13.2 Å². The summed E-state index contributed by atoms with van der Waals surface area (Å²) in [4.78, 5) is 10.1. The maximum atomic E-state index is 10.1. The quantitative estimate of drug-likeness (QED) is 0.369. The molecule has 0 aromatic carbocycles. The van der Waals surface area contributed by atoms with Crippen LogP contribution in [0.4, 0.5) is 4.79 Å². The molecule has 12 heavy (non-hydrogen) atoms. The predicted octanol–water partition coefficient (Wildman–Crippen LogP) is 2.69. The Kier molecular flexibility index (Phi) is 7.91. The van der Waals surface area contributed by atoms with Crippen molar-refractivity contribution in [2.45, 2.75) is 19.8 Å². The molecule has 0 spiro atoms. The van der Waals surface area contributed by atoms with E-state index in [1.54, 1.807) is 6.26 Å². The van der Waals surface area contributed by atoms with Gasteiger partial charge in [-0.05, 0) is 19.8 Å². The zero-order chi connectivity index (χ0) is 9.23. The summed E-state index contributed by atoms with van der Waals surface area (Å²) in [7, 11) is 0. The first-order valence-corrected chi connectivity index (χ1v) is 4.20. The van der Waals surface area contributed by atoms with Crippen LogP contribution < -0.4 is 0 Å². The highest BCUT2D eigenvalue weighted by Gasteiger charge is 1.94. The van der Waals surface area contributed by atoms with E-state index < -0.39 is 5.43 Å². The van der Waals surface area contributed by atoms with Crippen LogP contribution in [0.5, 0.6) is 0 Å². The SMILES string of the molecule is CC=COCCCCOC(=O)Cl. The van der Waals surface area contributed by atoms with Crippen LogP contribution in [0.2, 0.25) is 0 Å². The van der Waals surface area contributed by atoms with E-state index in [2.05, 4.69) is 4.74 Å². The van der Waals surface area contributed by atoms with E-state index in [1.807, 2.05) is 13.0 Å². The first kappa shape index (κ1) is 11.3. The maximum absolute atomic E-state index is 10.1. The molecule has 0 aliphatic rings. The molecule has 0 rings (SSSR count). The van der Waals surface area contributed by atoms with Crippen LogP contribution >= 0.6 is 11.6 Å². The topological polar surface area (TPSA) is 35.5 Å². The van der Waals surface area contributed by atoms with E-state index in [9.17, 15) is 4.79 Å². The number of hydrogen-bond acceptors (Lipinski definition) is 3. The first-order chi connectivity index (χ1) is 5.77. The highest BCUT2D eigenvalue weighted by atomic mass is 35.5. The van der Waals surface area contributed by atoms with E-state index in [4.69, 9.17) is 16.3 Å². The van der Waals surface area contributed by atoms with Crippen LogP contribution in [0.15, 0.2) is 12.3 Å². The van der Waals surface area contributed by atoms with Gasteiger partial charge in [-0.1, -0.05) is 6.08 Å². The van der Waals surface area contributed by atoms with Gasteiger partial charge in [-0.15, -0.1) is 0 Å². The molecule has 0 N–H and O–H groups in total. The van der Waals surface area contributed by atoms with Gasteiger partial charge in [0.1, 0.15) is 0 Å². The Morgan fingerprint density at radius 1 is 1.42 bits per heavy atom. The lowest BCUT2D eigenvalue weighted by Gasteiger charge is -2.00. The van der Waals surface area contributed by atoms with Crippen LogP contribution in [-0.4, -0.2) is 18.6 Å². The highest BCUT2D eigenvalue weighted by molar-refractivity contribution is 6.61. The molecular weight excluding hydrogens is 180 g/mol. The zero-order valence-electron chi connectivity index (χ0n) is 7.09. The molecule has 0 aromatic rings. The molecule has 70 valence electrons. The number of hydrogen-bond donors (Lipinski definition) is 0. The van der Waals surface area contributed by atoms with Gasteiger partial charge in [0.2, 0.25) is 0 Å². The molecule has 4 heteroatoms. The second kappa shape index (κ2) is 8.40. The van der Waals surface area contributed by atoms with Gasteiger partial charge in [-0.3, -0.25) is 0 Å². The Hall–Kier alpha value is -0.700. The molecule has 0 saturated carbocycles. The van der Waals surface area contributed by atoms with Crippen molar-refractivity contribution in [2.24, 2.45) is 0 Å². The second-order valence-electron chi connectivity index (χ2n) is 2.13. The third-order valence-electron chi connectivity index (χ3n) is 1.10. The molecule has 0 fully saturated rings. The summed E-state index contributed by atoms with van der Waals surface area (Å²) in [5.74, 6) is 0. The molecule has 0 atom stereocenters. The lowest BCUT2D eigenvalue weighted by molar-refractivity contribution is 0.164. The summed E-state index contributed by atoms with van der Waals surface area (Å²) >= 11 is 4.94. The van der Waals surface area contributed by atoms with Crippen molar-refractivity contribution in [1.29, 1.82) is 0 Å². The van der Waals surface area contributed by atoms with Crippen molar-refractivity contribution in [3.8, 4) is 0 Å². The van der Waals surface area contributed by atoms with E-state index in [-0.39, 0.29) is 0 Å². The summed E-state index contributed by atoms with van der Waals surface area (Å²) in [5, 5.41) is 0. The van der Waals surface area contributed by atoms with Crippen LogP contribution in [0.25, 0.3) is 0 Å². The van der Waals surface area contributed by atoms with Crippen LogP contribution in [0.3, 0.4) is 0 Å². The molecule has 0 bridgehead atoms. The smallest absolute Gasteiger partial charge is 0.403 e. The summed E-state index contributed by atoms with van der Waals surface area (Å²) in [6, 6.07) is 0. The fraction of sp³-hybridized carbons (Fsp3) is 0.625. The van der Waals surface area contributed by atoms with Gasteiger partial charge in [0, 0.05) is 11.6 Å². The summed E-state index contributed by atoms with van der Waals surface area (Å²) in [5.41, 5.74) is -0.746. The number of ether oxygens (including phenoxy) is 2. The van der Waals surface area contributed by atoms with Crippen molar-refractivity contribution < 1.29 is 14.3 Å². The minimum absolute atomic E-state index is 0.363. The second-order valence-corrected chi connectivity index (χ2v) is 2.44. The van der Waals surface area contributed by atoms with Crippen molar-refractivity contribution >= 4 is 17.0 Å². The lowest BCUT2D eigenvalue weighted by Crippen LogP contribution is -1.98. The van der Waals surface area contributed by atoms with Crippen molar-refractivity contribution in [1.82, 2.24) is 0 Å². The van der Waals surface area contributed by atoms with Crippen LogP contribution in [0.1, 0.15) is 19.8 Å². The highest BCUT2D eigenvalue weighted by Crippen LogP contribution is 1.94. The minimum Gasteiger partial charge on any atom is -0.502 e. The van der Waals surface area contributed by atoms with Gasteiger partial charge in [0.05, 0.1) is 19.5 Å². The minimum atomic E-state index is -0.746. The molecule has 0 aliphatic heterocycles. The van der Waals surface area contributed by atoms with Crippen molar-refractivity contribution in [2.75, 3.05) is 13.2 Å². The third-order valence-corrected chi connectivity index (χ3v) is 1.21. The summed E-state index contributed by atoms with van der Waals surface area (Å²) in [6.07, 6.45) is 5.08. The van der Waals surface area contributed by atoms with Gasteiger partial charge in [-0.2, -0.15) is 0 Å². The van der Waals surface area contributed by atoms with Crippen LogP contribution in [-0.2, 0) is 9.47 Å². The molecule has 0 heterocycles. The summed E-state index contributed by atoms with van der Waals surface area (Å²) < 4.78 is 9.54. The molecule has 0 amide bonds. The monoisotopic (exact) mass is 192 g/mol.